The molecule has 0 aliphatic carbocycles. The van der Waals surface area contributed by atoms with Crippen molar-refractivity contribution in [3.8, 4) is 16.9 Å². The van der Waals surface area contributed by atoms with Crippen molar-refractivity contribution in [1.29, 1.82) is 0 Å². The minimum absolute atomic E-state index is 0.00295. The summed E-state index contributed by atoms with van der Waals surface area (Å²) in [5, 5.41) is 20.6. The number of ether oxygens (including phenoxy) is 1. The van der Waals surface area contributed by atoms with E-state index in [0.29, 0.717) is 27.6 Å². The molecule has 7 heteroatoms. The summed E-state index contributed by atoms with van der Waals surface area (Å²) in [5.41, 5.74) is 4.52. The molecular weight excluding hydrogens is 442 g/mol. The van der Waals surface area contributed by atoms with Crippen molar-refractivity contribution in [1.82, 2.24) is 0 Å². The maximum atomic E-state index is 12.0. The van der Waals surface area contributed by atoms with Crippen LogP contribution in [0.1, 0.15) is 35.6 Å². The van der Waals surface area contributed by atoms with Crippen LogP contribution in [0.15, 0.2) is 60.7 Å². The first-order valence-electron chi connectivity index (χ1n) is 10.6. The first-order valence-corrected chi connectivity index (χ1v) is 10.9. The Morgan fingerprint density at radius 2 is 1.88 bits per heavy atom. The molecule has 6 nitrogen and oxygen atoms in total. The van der Waals surface area contributed by atoms with E-state index in [0.717, 1.165) is 16.7 Å². The highest BCUT2D eigenvalue weighted by Crippen LogP contribution is 2.40. The summed E-state index contributed by atoms with van der Waals surface area (Å²) < 4.78 is 5.46. The van der Waals surface area contributed by atoms with Crippen molar-refractivity contribution in [2.24, 2.45) is 0 Å². The van der Waals surface area contributed by atoms with E-state index in [1.165, 1.54) is 4.90 Å². The lowest BCUT2D eigenvalue weighted by Gasteiger charge is -2.28. The summed E-state index contributed by atoms with van der Waals surface area (Å²) in [6, 6.07) is 18.3. The molecule has 170 valence electrons. The van der Waals surface area contributed by atoms with Gasteiger partial charge in [-0.1, -0.05) is 61.0 Å². The Kier molecular flexibility index (Phi) is 6.40. The zero-order valence-corrected chi connectivity index (χ0v) is 19.0. The van der Waals surface area contributed by atoms with Crippen LogP contribution in [0, 0.1) is 0 Å². The molecule has 0 aromatic heterocycles. The van der Waals surface area contributed by atoms with Gasteiger partial charge in [-0.2, -0.15) is 0 Å². The predicted octanol–water partition coefficient (Wildman–Crippen LogP) is 4.83. The Balaban J connectivity index is 1.59. The predicted molar refractivity (Wildman–Crippen MR) is 127 cm³/mol. The molecule has 1 unspecified atom stereocenters. The van der Waals surface area contributed by atoms with Crippen LogP contribution >= 0.6 is 11.6 Å². The number of carbonyl (C=O) groups is 2. The molecule has 0 radical (unpaired) electrons. The number of aliphatic carboxylic acids is 1. The normalized spacial score (nSPS) is 14.9. The fourth-order valence-corrected chi connectivity index (χ4v) is 4.40. The highest BCUT2D eigenvalue weighted by Gasteiger charge is 2.26. The number of nitrogens with zero attached hydrogens (tertiary/aromatic N) is 1. The molecule has 1 heterocycles. The number of carboxylic acids is 1. The number of benzene rings is 3. The lowest BCUT2D eigenvalue weighted by Crippen LogP contribution is -2.35. The number of carbonyl (C=O) groups excluding carboxylic acids is 1. The van der Waals surface area contributed by atoms with Crippen LogP contribution < -0.4 is 9.64 Å². The molecule has 0 saturated carbocycles. The summed E-state index contributed by atoms with van der Waals surface area (Å²) in [7, 11) is 1.68. The maximum Gasteiger partial charge on any atom is 0.307 e. The molecule has 0 fully saturated rings. The fourth-order valence-electron chi connectivity index (χ4n) is 4.04. The Morgan fingerprint density at radius 1 is 1.12 bits per heavy atom. The third kappa shape index (κ3) is 4.72. The van der Waals surface area contributed by atoms with Crippen LogP contribution in [-0.4, -0.2) is 35.7 Å². The van der Waals surface area contributed by atoms with E-state index >= 15 is 0 Å². The summed E-state index contributed by atoms with van der Waals surface area (Å²) in [5.74, 6) is -0.734. The number of halogens is 1. The first-order chi connectivity index (χ1) is 15.7. The van der Waals surface area contributed by atoms with E-state index in [9.17, 15) is 14.7 Å². The molecule has 0 saturated heterocycles. The SMILES string of the molecule is C[C@@H](c1ccc(-c2cccc(CC(=O)O)c2)cc1Cl)C(O)c1ccc2c(c1)N(C)C(=O)CO2. The van der Waals surface area contributed by atoms with Gasteiger partial charge in [-0.25, -0.2) is 0 Å². The monoisotopic (exact) mass is 465 g/mol. The van der Waals surface area contributed by atoms with Gasteiger partial charge in [0.1, 0.15) is 5.75 Å². The lowest BCUT2D eigenvalue weighted by molar-refractivity contribution is -0.136. The third-order valence-corrected chi connectivity index (χ3v) is 6.32. The van der Waals surface area contributed by atoms with Crippen LogP contribution in [0.25, 0.3) is 11.1 Å². The van der Waals surface area contributed by atoms with E-state index in [4.69, 9.17) is 21.4 Å². The maximum absolute atomic E-state index is 12.0. The van der Waals surface area contributed by atoms with Gasteiger partial charge in [0.2, 0.25) is 0 Å². The Bertz CT molecular complexity index is 1230. The zero-order chi connectivity index (χ0) is 23.7. The van der Waals surface area contributed by atoms with Crippen molar-refractivity contribution in [3.05, 3.63) is 82.4 Å². The second-order valence-electron chi connectivity index (χ2n) is 8.21. The number of anilines is 1. The number of amides is 1. The fraction of sp³-hybridized carbons (Fsp3) is 0.231. The molecule has 1 aliphatic rings. The minimum Gasteiger partial charge on any atom is -0.482 e. The van der Waals surface area contributed by atoms with E-state index in [2.05, 4.69) is 0 Å². The number of hydrogen-bond acceptors (Lipinski definition) is 4. The third-order valence-electron chi connectivity index (χ3n) is 5.99. The largest absolute Gasteiger partial charge is 0.482 e. The van der Waals surface area contributed by atoms with Crippen LogP contribution in [0.2, 0.25) is 5.02 Å². The van der Waals surface area contributed by atoms with Gasteiger partial charge < -0.3 is 19.8 Å². The summed E-state index contributed by atoms with van der Waals surface area (Å²) >= 11 is 6.61. The molecule has 1 amide bonds. The molecular formula is C26H24ClNO5. The topological polar surface area (TPSA) is 87.1 Å². The Hall–Kier alpha value is -3.35. The Labute approximate surface area is 197 Å². The van der Waals surface area contributed by atoms with Crippen molar-refractivity contribution >= 4 is 29.2 Å². The molecule has 33 heavy (non-hydrogen) atoms. The second-order valence-corrected chi connectivity index (χ2v) is 8.62. The number of aliphatic hydroxyl groups excluding tert-OH is 1. The van der Waals surface area contributed by atoms with Gasteiger partial charge in [-0.05, 0) is 46.0 Å². The number of fused-ring (bicyclic) bond motifs is 1. The van der Waals surface area contributed by atoms with Crippen LogP contribution in [0.5, 0.6) is 5.75 Å². The molecule has 3 aromatic carbocycles. The van der Waals surface area contributed by atoms with E-state index in [-0.39, 0.29) is 24.9 Å². The molecule has 1 aliphatic heterocycles. The van der Waals surface area contributed by atoms with E-state index in [1.807, 2.05) is 43.3 Å². The van der Waals surface area contributed by atoms with Gasteiger partial charge in [0.25, 0.3) is 5.91 Å². The lowest BCUT2D eigenvalue weighted by atomic mass is 9.89. The molecule has 0 bridgehead atoms. The van der Waals surface area contributed by atoms with Gasteiger partial charge in [0.15, 0.2) is 6.61 Å². The molecule has 2 atom stereocenters. The average molecular weight is 466 g/mol. The highest BCUT2D eigenvalue weighted by molar-refractivity contribution is 6.31. The summed E-state index contributed by atoms with van der Waals surface area (Å²) in [4.78, 5) is 24.5. The van der Waals surface area contributed by atoms with Crippen LogP contribution in [-0.2, 0) is 16.0 Å². The number of carboxylic acid groups (broad SMARTS) is 1. The quantitative estimate of drug-likeness (QED) is 0.544. The first kappa shape index (κ1) is 22.8. The van der Waals surface area contributed by atoms with Crippen molar-refractivity contribution in [2.45, 2.75) is 25.4 Å². The summed E-state index contributed by atoms with van der Waals surface area (Å²) in [6.07, 6.45) is -0.891. The van der Waals surface area contributed by atoms with E-state index < -0.39 is 12.1 Å². The van der Waals surface area contributed by atoms with E-state index in [1.54, 1.807) is 31.3 Å². The van der Waals surface area contributed by atoms with Crippen molar-refractivity contribution < 1.29 is 24.5 Å². The van der Waals surface area contributed by atoms with Crippen molar-refractivity contribution in [2.75, 3.05) is 18.6 Å². The molecule has 2 N–H and O–H groups in total. The van der Waals surface area contributed by atoms with Gasteiger partial charge in [0.05, 0.1) is 18.2 Å². The van der Waals surface area contributed by atoms with Gasteiger partial charge in [-0.15, -0.1) is 0 Å². The average Bonchev–Trinajstić information content (AvgIpc) is 2.80. The molecule has 4 rings (SSSR count). The molecule has 3 aromatic rings. The standard InChI is InChI=1S/C26H24ClNO5/c1-15(26(32)19-7-9-23-22(13-19)28(2)24(29)14-33-23)20-8-6-18(12-21(20)27)17-5-3-4-16(10-17)11-25(30)31/h3-10,12-13,15,26,32H,11,14H2,1-2H3,(H,30,31)/t15-,26?/m0/s1. The van der Waals surface area contributed by atoms with Crippen LogP contribution in [0.4, 0.5) is 5.69 Å². The van der Waals surface area contributed by atoms with Gasteiger partial charge in [0, 0.05) is 18.0 Å². The van der Waals surface area contributed by atoms with Gasteiger partial charge in [-0.3, -0.25) is 9.59 Å². The Morgan fingerprint density at radius 3 is 2.61 bits per heavy atom. The number of rotatable bonds is 6. The number of hydrogen-bond donors (Lipinski definition) is 2. The number of aliphatic hydroxyl groups is 1. The molecule has 0 spiro atoms. The summed E-state index contributed by atoms with van der Waals surface area (Å²) in [6.45, 7) is 1.90. The smallest absolute Gasteiger partial charge is 0.307 e. The highest BCUT2D eigenvalue weighted by atomic mass is 35.5. The van der Waals surface area contributed by atoms with Crippen LogP contribution in [0.3, 0.4) is 0 Å². The minimum atomic E-state index is -0.882. The van der Waals surface area contributed by atoms with Crippen molar-refractivity contribution in [3.63, 3.8) is 0 Å². The number of likely N-dealkylation sites (N-methyl/N-ethyl adjacent to an activating group) is 1. The zero-order valence-electron chi connectivity index (χ0n) is 18.3. The second kappa shape index (κ2) is 9.25. The van der Waals surface area contributed by atoms with Gasteiger partial charge >= 0.3 is 5.97 Å².